The summed E-state index contributed by atoms with van der Waals surface area (Å²) in [6.07, 6.45) is 4.43. The predicted octanol–water partition coefficient (Wildman–Crippen LogP) is 3.48. The normalized spacial score (nSPS) is 25.9. The molecule has 2 atom stereocenters. The Bertz CT molecular complexity index is 323. The second-order valence-corrected chi connectivity index (χ2v) is 4.15. The summed E-state index contributed by atoms with van der Waals surface area (Å²) in [6, 6.07) is 13.0. The van der Waals surface area contributed by atoms with Crippen LogP contribution >= 0.6 is 0 Å². The Labute approximate surface area is 85.4 Å². The molecule has 0 radical (unpaired) electrons. The van der Waals surface area contributed by atoms with E-state index in [0.29, 0.717) is 11.8 Å². The van der Waals surface area contributed by atoms with E-state index < -0.39 is 0 Å². The molecule has 0 saturated heterocycles. The molecule has 0 bridgehead atoms. The Morgan fingerprint density at radius 3 is 2.71 bits per heavy atom. The van der Waals surface area contributed by atoms with Gasteiger partial charge in [-0.15, -0.1) is 0 Å². The molecule has 0 aromatic heterocycles. The third-order valence-corrected chi connectivity index (χ3v) is 3.19. The van der Waals surface area contributed by atoms with Crippen LogP contribution in [0.2, 0.25) is 0 Å². The summed E-state index contributed by atoms with van der Waals surface area (Å²) in [7, 11) is 0. The van der Waals surface area contributed by atoms with Crippen molar-refractivity contribution in [1.82, 2.24) is 0 Å². The van der Waals surface area contributed by atoms with Crippen molar-refractivity contribution in [2.24, 2.45) is 5.92 Å². The van der Waals surface area contributed by atoms with Crippen molar-refractivity contribution in [3.63, 3.8) is 0 Å². The molecule has 0 heterocycles. The first-order valence-corrected chi connectivity index (χ1v) is 5.32. The Morgan fingerprint density at radius 2 is 2.00 bits per heavy atom. The largest absolute Gasteiger partial charge is 0.198 e. The molecule has 2 unspecified atom stereocenters. The molecule has 1 aliphatic rings. The Morgan fingerprint density at radius 1 is 1.21 bits per heavy atom. The van der Waals surface area contributed by atoms with E-state index in [1.165, 1.54) is 24.8 Å². The van der Waals surface area contributed by atoms with Crippen LogP contribution in [0.3, 0.4) is 0 Å². The number of rotatable bonds is 2. The van der Waals surface area contributed by atoms with Gasteiger partial charge in [0.1, 0.15) is 0 Å². The smallest absolute Gasteiger partial charge is 0.0624 e. The molecule has 1 aliphatic carbocycles. The van der Waals surface area contributed by atoms with Gasteiger partial charge in [-0.25, -0.2) is 0 Å². The minimum absolute atomic E-state index is 0.644. The molecular formula is C13H15N. The fourth-order valence-electron chi connectivity index (χ4n) is 2.42. The maximum atomic E-state index is 8.63. The minimum Gasteiger partial charge on any atom is -0.198 e. The van der Waals surface area contributed by atoms with Crippen LogP contribution in [0.5, 0.6) is 0 Å². The standard InChI is InChI=1S/C13H15N/c14-9-8-11-6-7-13(10-11)12-4-2-1-3-5-12/h1-5,11,13H,6-8,10H2. The van der Waals surface area contributed by atoms with Crippen molar-refractivity contribution in [2.75, 3.05) is 0 Å². The number of nitriles is 1. The molecule has 0 spiro atoms. The van der Waals surface area contributed by atoms with Gasteiger partial charge in [0.05, 0.1) is 6.07 Å². The monoisotopic (exact) mass is 185 g/mol. The lowest BCUT2D eigenvalue weighted by Gasteiger charge is -2.09. The van der Waals surface area contributed by atoms with Gasteiger partial charge in [0.2, 0.25) is 0 Å². The summed E-state index contributed by atoms with van der Waals surface area (Å²) in [5, 5.41) is 8.63. The van der Waals surface area contributed by atoms with Gasteiger partial charge in [0, 0.05) is 6.42 Å². The number of hydrogen-bond donors (Lipinski definition) is 0. The van der Waals surface area contributed by atoms with Crippen molar-refractivity contribution < 1.29 is 0 Å². The van der Waals surface area contributed by atoms with Crippen LogP contribution in [-0.2, 0) is 0 Å². The quantitative estimate of drug-likeness (QED) is 0.692. The lowest BCUT2D eigenvalue weighted by Crippen LogP contribution is -1.94. The van der Waals surface area contributed by atoms with Gasteiger partial charge in [-0.3, -0.25) is 0 Å². The molecule has 0 N–H and O–H groups in total. The summed E-state index contributed by atoms with van der Waals surface area (Å²) in [6.45, 7) is 0. The average molecular weight is 185 g/mol. The van der Waals surface area contributed by atoms with E-state index in [2.05, 4.69) is 36.4 Å². The van der Waals surface area contributed by atoms with Gasteiger partial charge in [-0.2, -0.15) is 5.26 Å². The maximum Gasteiger partial charge on any atom is 0.0624 e. The molecule has 72 valence electrons. The highest BCUT2D eigenvalue weighted by molar-refractivity contribution is 5.20. The van der Waals surface area contributed by atoms with Gasteiger partial charge in [-0.05, 0) is 36.7 Å². The topological polar surface area (TPSA) is 23.8 Å². The zero-order chi connectivity index (χ0) is 9.80. The van der Waals surface area contributed by atoms with Gasteiger partial charge < -0.3 is 0 Å². The highest BCUT2D eigenvalue weighted by Gasteiger charge is 2.25. The van der Waals surface area contributed by atoms with Crippen molar-refractivity contribution in [3.8, 4) is 6.07 Å². The maximum absolute atomic E-state index is 8.63. The SMILES string of the molecule is N#CCC1CCC(c2ccccc2)C1. The van der Waals surface area contributed by atoms with Crippen LogP contribution in [0.4, 0.5) is 0 Å². The molecular weight excluding hydrogens is 170 g/mol. The molecule has 1 aromatic carbocycles. The molecule has 14 heavy (non-hydrogen) atoms. The van der Waals surface area contributed by atoms with E-state index in [0.717, 1.165) is 6.42 Å². The number of benzene rings is 1. The Balaban J connectivity index is 2.00. The van der Waals surface area contributed by atoms with Gasteiger partial charge in [0.25, 0.3) is 0 Å². The van der Waals surface area contributed by atoms with E-state index in [4.69, 9.17) is 5.26 Å². The number of nitrogens with zero attached hydrogens (tertiary/aromatic N) is 1. The molecule has 1 fully saturated rings. The van der Waals surface area contributed by atoms with Crippen molar-refractivity contribution in [1.29, 1.82) is 5.26 Å². The molecule has 0 amide bonds. The van der Waals surface area contributed by atoms with Crippen LogP contribution in [0.25, 0.3) is 0 Å². The summed E-state index contributed by atoms with van der Waals surface area (Å²) < 4.78 is 0. The van der Waals surface area contributed by atoms with Crippen LogP contribution in [0.15, 0.2) is 30.3 Å². The highest BCUT2D eigenvalue weighted by atomic mass is 14.3. The zero-order valence-electron chi connectivity index (χ0n) is 8.32. The molecule has 1 nitrogen and oxygen atoms in total. The highest BCUT2D eigenvalue weighted by Crippen LogP contribution is 2.39. The van der Waals surface area contributed by atoms with Gasteiger partial charge in [0.15, 0.2) is 0 Å². The van der Waals surface area contributed by atoms with Crippen LogP contribution in [-0.4, -0.2) is 0 Å². The molecule has 1 heteroatoms. The third-order valence-electron chi connectivity index (χ3n) is 3.19. The lowest BCUT2D eigenvalue weighted by atomic mass is 9.96. The minimum atomic E-state index is 0.644. The van der Waals surface area contributed by atoms with E-state index in [-0.39, 0.29) is 0 Å². The Hall–Kier alpha value is -1.29. The zero-order valence-corrected chi connectivity index (χ0v) is 8.32. The van der Waals surface area contributed by atoms with Crippen LogP contribution < -0.4 is 0 Å². The van der Waals surface area contributed by atoms with Crippen molar-refractivity contribution in [3.05, 3.63) is 35.9 Å². The van der Waals surface area contributed by atoms with Gasteiger partial charge in [-0.1, -0.05) is 30.3 Å². The predicted molar refractivity (Wildman–Crippen MR) is 56.8 cm³/mol. The summed E-state index contributed by atoms with van der Waals surface area (Å²) in [5.74, 6) is 1.35. The summed E-state index contributed by atoms with van der Waals surface area (Å²) >= 11 is 0. The fraction of sp³-hybridized carbons (Fsp3) is 0.462. The van der Waals surface area contributed by atoms with Crippen molar-refractivity contribution >= 4 is 0 Å². The first-order chi connectivity index (χ1) is 6.90. The second-order valence-electron chi connectivity index (χ2n) is 4.15. The van der Waals surface area contributed by atoms with Crippen molar-refractivity contribution in [2.45, 2.75) is 31.6 Å². The second kappa shape index (κ2) is 4.28. The average Bonchev–Trinajstić information content (AvgIpc) is 2.68. The summed E-state index contributed by atoms with van der Waals surface area (Å²) in [5.41, 5.74) is 1.45. The van der Waals surface area contributed by atoms with E-state index >= 15 is 0 Å². The number of hydrogen-bond acceptors (Lipinski definition) is 1. The molecule has 2 rings (SSSR count). The van der Waals surface area contributed by atoms with E-state index in [1.54, 1.807) is 0 Å². The summed E-state index contributed by atoms with van der Waals surface area (Å²) in [4.78, 5) is 0. The fourth-order valence-corrected chi connectivity index (χ4v) is 2.42. The van der Waals surface area contributed by atoms with Crippen LogP contribution in [0.1, 0.15) is 37.2 Å². The van der Waals surface area contributed by atoms with E-state index in [9.17, 15) is 0 Å². The lowest BCUT2D eigenvalue weighted by molar-refractivity contribution is 0.552. The van der Waals surface area contributed by atoms with Crippen LogP contribution in [0, 0.1) is 17.2 Å². The van der Waals surface area contributed by atoms with E-state index in [1.807, 2.05) is 0 Å². The third kappa shape index (κ3) is 1.96. The molecule has 1 aromatic rings. The van der Waals surface area contributed by atoms with Gasteiger partial charge >= 0.3 is 0 Å². The Kier molecular flexibility index (Phi) is 2.84. The molecule has 1 saturated carbocycles. The first kappa shape index (κ1) is 9.27. The molecule has 0 aliphatic heterocycles. The first-order valence-electron chi connectivity index (χ1n) is 5.32.